The summed E-state index contributed by atoms with van der Waals surface area (Å²) in [4.78, 5) is 23.7. The molecule has 0 aliphatic rings. The minimum atomic E-state index is 0.0242. The van der Waals surface area contributed by atoms with Crippen molar-refractivity contribution in [3.8, 4) is 0 Å². The Morgan fingerprint density at radius 2 is 0.333 bits per heavy atom. The molecule has 0 radical (unpaired) electrons. The van der Waals surface area contributed by atoms with Gasteiger partial charge in [-0.1, -0.05) is 336 Å². The molecular formula is C62H124O4. The number of esters is 2. The lowest BCUT2D eigenvalue weighted by Crippen LogP contribution is -2.05. The van der Waals surface area contributed by atoms with E-state index in [1.54, 1.807) is 0 Å². The van der Waals surface area contributed by atoms with E-state index >= 15 is 0 Å². The number of carbonyl (C=O) groups excluding carboxylic acids is 2. The third kappa shape index (κ3) is 65.0. The van der Waals surface area contributed by atoms with Gasteiger partial charge in [-0.05, 0) is 25.7 Å². The van der Waals surface area contributed by atoms with Crippen LogP contribution >= 0.6 is 0 Å². The van der Waals surface area contributed by atoms with Gasteiger partial charge in [-0.2, -0.15) is 0 Å². The number of rotatable bonds is 56. The third-order valence-electron chi connectivity index (χ3n) is 14.0. The van der Waals surface area contributed by atoms with Crippen LogP contribution in [0.4, 0.5) is 0 Å². The van der Waals surface area contributed by atoms with Gasteiger partial charge in [-0.3, -0.25) is 9.59 Å². The van der Waals surface area contributed by atoms with Crippen molar-refractivity contribution in [2.45, 2.75) is 374 Å². The van der Waals surface area contributed by atoms with E-state index in [-0.39, 0.29) is 11.9 Å². The molecule has 0 spiro atoms. The summed E-state index contributed by atoms with van der Waals surface area (Å²) in [5.41, 5.74) is 0. The molecule has 4 nitrogen and oxygen atoms in total. The van der Waals surface area contributed by atoms with Crippen LogP contribution in [-0.4, -0.2) is 25.2 Å². The lowest BCUT2D eigenvalue weighted by Gasteiger charge is -2.06. The molecule has 0 rings (SSSR count). The Labute approximate surface area is 417 Å². The summed E-state index contributed by atoms with van der Waals surface area (Å²) < 4.78 is 10.8. The van der Waals surface area contributed by atoms with Crippen molar-refractivity contribution in [1.82, 2.24) is 0 Å². The maximum Gasteiger partial charge on any atom is 0.305 e. The van der Waals surface area contributed by atoms with E-state index in [2.05, 4.69) is 27.7 Å². The molecule has 0 atom stereocenters. The first-order valence-electron chi connectivity index (χ1n) is 30.9. The number of unbranched alkanes of at least 4 members (excludes halogenated alkanes) is 48. The molecule has 0 saturated carbocycles. The van der Waals surface area contributed by atoms with Gasteiger partial charge < -0.3 is 9.47 Å². The molecule has 0 heterocycles. The Morgan fingerprint density at radius 3 is 0.500 bits per heavy atom. The molecule has 0 N–H and O–H groups in total. The van der Waals surface area contributed by atoms with Crippen molar-refractivity contribution in [2.24, 2.45) is 0 Å². The van der Waals surface area contributed by atoms with Gasteiger partial charge in [0.15, 0.2) is 0 Å². The van der Waals surface area contributed by atoms with Gasteiger partial charge in [-0.25, -0.2) is 0 Å². The zero-order valence-electron chi connectivity index (χ0n) is 46.2. The lowest BCUT2D eigenvalue weighted by molar-refractivity contribution is -0.144. The molecule has 0 fully saturated rings. The Balaban J connectivity index is 0. The van der Waals surface area contributed by atoms with E-state index in [1.807, 2.05) is 0 Å². The van der Waals surface area contributed by atoms with Crippen molar-refractivity contribution in [1.29, 1.82) is 0 Å². The summed E-state index contributed by atoms with van der Waals surface area (Å²) >= 11 is 0. The smallest absolute Gasteiger partial charge is 0.305 e. The number of hydrogen-bond donors (Lipinski definition) is 0. The van der Waals surface area contributed by atoms with Crippen LogP contribution in [0.1, 0.15) is 374 Å². The highest BCUT2D eigenvalue weighted by atomic mass is 16.5. The first-order valence-corrected chi connectivity index (χ1v) is 30.9. The average molecular weight is 934 g/mol. The summed E-state index contributed by atoms with van der Waals surface area (Å²) in [6.07, 6.45) is 71.4. The van der Waals surface area contributed by atoms with Crippen molar-refractivity contribution in [2.75, 3.05) is 13.2 Å². The number of hydrogen-bond acceptors (Lipinski definition) is 4. The largest absolute Gasteiger partial charge is 0.466 e. The first kappa shape index (κ1) is 67.0. The fourth-order valence-electron chi connectivity index (χ4n) is 9.33. The minimum Gasteiger partial charge on any atom is -0.466 e. The Bertz CT molecular complexity index is 840. The second-order valence-electron chi connectivity index (χ2n) is 20.9. The van der Waals surface area contributed by atoms with Gasteiger partial charge in [0.1, 0.15) is 0 Å². The second-order valence-corrected chi connectivity index (χ2v) is 20.9. The highest BCUT2D eigenvalue weighted by Crippen LogP contribution is 2.17. The van der Waals surface area contributed by atoms with Gasteiger partial charge >= 0.3 is 11.9 Å². The Kier molecular flexibility index (Phi) is 64.9. The molecule has 0 aliphatic carbocycles. The fraction of sp³-hybridized carbons (Fsp3) is 0.968. The van der Waals surface area contributed by atoms with Crippen LogP contribution in [0.5, 0.6) is 0 Å². The van der Waals surface area contributed by atoms with E-state index in [0.29, 0.717) is 26.1 Å². The molecule has 0 aromatic rings. The topological polar surface area (TPSA) is 52.6 Å². The molecule has 0 saturated heterocycles. The first-order chi connectivity index (χ1) is 32.6. The van der Waals surface area contributed by atoms with E-state index in [0.717, 1.165) is 25.7 Å². The van der Waals surface area contributed by atoms with Gasteiger partial charge in [0.2, 0.25) is 0 Å². The highest BCUT2D eigenvalue weighted by Gasteiger charge is 2.05. The zero-order valence-corrected chi connectivity index (χ0v) is 46.2. The number of carbonyl (C=O) groups is 2. The lowest BCUT2D eigenvalue weighted by atomic mass is 10.0. The normalized spacial score (nSPS) is 11.2. The van der Waals surface area contributed by atoms with Gasteiger partial charge in [0.25, 0.3) is 0 Å². The van der Waals surface area contributed by atoms with Crippen molar-refractivity contribution in [3.63, 3.8) is 0 Å². The fourth-order valence-corrected chi connectivity index (χ4v) is 9.33. The molecule has 0 aromatic heterocycles. The maximum absolute atomic E-state index is 11.9. The monoisotopic (exact) mass is 933 g/mol. The standard InChI is InChI=1S/C32H64O2.C30H60O2/c1-3-5-7-9-11-13-15-17-18-19-20-22-24-26-28-30-32(33)34-31-29-27-25-23-21-16-14-12-10-8-6-4-2;1-3-5-7-9-11-13-15-17-18-20-22-24-26-28-30(31)32-29-27-25-23-21-19-16-14-12-10-8-6-4-2/h3-31H2,1-2H3;3-29H2,1-2H3. The molecule has 0 bridgehead atoms. The molecule has 66 heavy (non-hydrogen) atoms. The van der Waals surface area contributed by atoms with Crippen LogP contribution < -0.4 is 0 Å². The van der Waals surface area contributed by atoms with Crippen molar-refractivity contribution in [3.05, 3.63) is 0 Å². The molecule has 0 unspecified atom stereocenters. The summed E-state index contributed by atoms with van der Waals surface area (Å²) in [5.74, 6) is 0.0499. The summed E-state index contributed by atoms with van der Waals surface area (Å²) in [7, 11) is 0. The molecule has 4 heteroatoms. The van der Waals surface area contributed by atoms with Crippen LogP contribution in [0.3, 0.4) is 0 Å². The molecule has 0 aliphatic heterocycles. The average Bonchev–Trinajstić information content (AvgIpc) is 3.32. The Morgan fingerprint density at radius 1 is 0.197 bits per heavy atom. The van der Waals surface area contributed by atoms with E-state index in [4.69, 9.17) is 9.47 Å². The quantitative estimate of drug-likeness (QED) is 0.0450. The minimum absolute atomic E-state index is 0.0242. The number of ether oxygens (including phenoxy) is 2. The third-order valence-corrected chi connectivity index (χ3v) is 14.0. The van der Waals surface area contributed by atoms with Crippen LogP contribution in [0, 0.1) is 0 Å². The van der Waals surface area contributed by atoms with E-state index < -0.39 is 0 Å². The van der Waals surface area contributed by atoms with Crippen LogP contribution in [0.15, 0.2) is 0 Å². The second kappa shape index (κ2) is 63.9. The van der Waals surface area contributed by atoms with Crippen molar-refractivity contribution >= 4 is 11.9 Å². The SMILES string of the molecule is CCCCCCCCCCCCCCCC(=O)OCCCCCCCCCCCCCC.CCCCCCCCCCCCCCCCCC(=O)OCCCCCCCCCCCCCC. The van der Waals surface area contributed by atoms with Gasteiger partial charge in [0, 0.05) is 12.8 Å². The zero-order chi connectivity index (χ0) is 48.2. The van der Waals surface area contributed by atoms with Crippen LogP contribution in [0.2, 0.25) is 0 Å². The predicted molar refractivity (Wildman–Crippen MR) is 294 cm³/mol. The van der Waals surface area contributed by atoms with Crippen LogP contribution in [0.25, 0.3) is 0 Å². The van der Waals surface area contributed by atoms with E-state index in [9.17, 15) is 9.59 Å². The van der Waals surface area contributed by atoms with Crippen LogP contribution in [-0.2, 0) is 19.1 Å². The molecule has 0 amide bonds. The summed E-state index contributed by atoms with van der Waals surface area (Å²) in [6, 6.07) is 0. The highest BCUT2D eigenvalue weighted by molar-refractivity contribution is 5.69. The van der Waals surface area contributed by atoms with E-state index in [1.165, 1.54) is 308 Å². The Hall–Kier alpha value is -1.06. The molecule has 396 valence electrons. The predicted octanol–water partition coefficient (Wildman–Crippen LogP) is 22.2. The van der Waals surface area contributed by atoms with Gasteiger partial charge in [-0.15, -0.1) is 0 Å². The van der Waals surface area contributed by atoms with Gasteiger partial charge in [0.05, 0.1) is 13.2 Å². The molecule has 0 aromatic carbocycles. The molecular weight excluding hydrogens is 809 g/mol. The summed E-state index contributed by atoms with van der Waals surface area (Å²) in [6.45, 7) is 10.4. The summed E-state index contributed by atoms with van der Waals surface area (Å²) in [5, 5.41) is 0. The van der Waals surface area contributed by atoms with Crippen molar-refractivity contribution < 1.29 is 19.1 Å². The maximum atomic E-state index is 11.9.